The Morgan fingerprint density at radius 2 is 1.35 bits per heavy atom. The highest BCUT2D eigenvalue weighted by Gasteiger charge is 2.20. The number of methoxy groups -OCH3 is 1. The van der Waals surface area contributed by atoms with Crippen LogP contribution in [0.15, 0.2) is 55.6 Å². The van der Waals surface area contributed by atoms with Gasteiger partial charge in [-0.15, -0.1) is 0 Å². The minimum atomic E-state index is -0.822. The van der Waals surface area contributed by atoms with Crippen LogP contribution in [-0.2, 0) is 23.8 Å². The first kappa shape index (κ1) is 28.7. The van der Waals surface area contributed by atoms with Gasteiger partial charge < -0.3 is 39.1 Å². The molecule has 0 aliphatic carbocycles. The van der Waals surface area contributed by atoms with Crippen LogP contribution in [0.25, 0.3) is 10.8 Å². The molecule has 0 atom stereocenters. The average molecular weight is 517 g/mol. The van der Waals surface area contributed by atoms with Gasteiger partial charge in [-0.1, -0.05) is 37.4 Å². The van der Waals surface area contributed by atoms with Gasteiger partial charge in [0.2, 0.25) is 0 Å². The number of rotatable bonds is 14. The summed E-state index contributed by atoms with van der Waals surface area (Å²) < 4.78 is 31.3. The van der Waals surface area contributed by atoms with Crippen LogP contribution in [0, 0.1) is 0 Å². The number of carbonyl (C=O) groups excluding carboxylic acids is 4. The van der Waals surface area contributed by atoms with E-state index in [2.05, 4.69) is 23.8 Å². The molecule has 0 fully saturated rings. The maximum absolute atomic E-state index is 12.4. The average Bonchev–Trinajstić information content (AvgIpc) is 2.90. The Kier molecular flexibility index (Phi) is 11.9. The van der Waals surface area contributed by atoms with Gasteiger partial charge in [0.15, 0.2) is 11.5 Å². The van der Waals surface area contributed by atoms with E-state index in [4.69, 9.17) is 28.4 Å². The molecule has 0 saturated carbocycles. The lowest BCUT2D eigenvalue weighted by Gasteiger charge is -2.17. The maximum Gasteiger partial charge on any atom is 0.412 e. The molecule has 0 radical (unpaired) electrons. The summed E-state index contributed by atoms with van der Waals surface area (Å²) in [7, 11) is 1.50. The zero-order chi connectivity index (χ0) is 27.0. The molecule has 0 aliphatic heterocycles. The molecule has 2 aromatic rings. The summed E-state index contributed by atoms with van der Waals surface area (Å²) in [5.41, 5.74) is 0. The third-order valence-electron chi connectivity index (χ3n) is 4.43. The van der Waals surface area contributed by atoms with Crippen LogP contribution < -0.4 is 24.8 Å². The van der Waals surface area contributed by atoms with Crippen molar-refractivity contribution in [1.29, 1.82) is 0 Å². The number of benzene rings is 2. The van der Waals surface area contributed by atoms with Crippen LogP contribution in [0.1, 0.15) is 0 Å². The summed E-state index contributed by atoms with van der Waals surface area (Å²) in [6.07, 6.45) is 0.396. The fourth-order valence-electron chi connectivity index (χ4n) is 2.81. The first-order chi connectivity index (χ1) is 17.9. The normalized spacial score (nSPS) is 10.1. The van der Waals surface area contributed by atoms with Gasteiger partial charge in [-0.05, 0) is 0 Å². The first-order valence-corrected chi connectivity index (χ1v) is 11.1. The molecule has 0 saturated heterocycles. The highest BCUT2D eigenvalue weighted by molar-refractivity contribution is 5.98. The van der Waals surface area contributed by atoms with Gasteiger partial charge in [0, 0.05) is 36.1 Å². The van der Waals surface area contributed by atoms with Crippen molar-refractivity contribution in [2.75, 3.05) is 46.6 Å². The van der Waals surface area contributed by atoms with Crippen LogP contribution in [0.4, 0.5) is 9.59 Å². The molecule has 12 nitrogen and oxygen atoms in total. The molecule has 2 aromatic carbocycles. The van der Waals surface area contributed by atoms with Crippen molar-refractivity contribution >= 4 is 34.9 Å². The van der Waals surface area contributed by atoms with Crippen molar-refractivity contribution in [3.63, 3.8) is 0 Å². The van der Waals surface area contributed by atoms with Crippen molar-refractivity contribution in [2.24, 2.45) is 0 Å². The number of hydrogen-bond donors (Lipinski definition) is 2. The van der Waals surface area contributed by atoms with E-state index >= 15 is 0 Å². The number of esters is 2. The zero-order valence-corrected chi connectivity index (χ0v) is 20.3. The third kappa shape index (κ3) is 9.53. The largest absolute Gasteiger partial charge is 0.487 e. The Morgan fingerprint density at radius 1 is 0.784 bits per heavy atom. The van der Waals surface area contributed by atoms with Crippen molar-refractivity contribution in [1.82, 2.24) is 10.6 Å². The quantitative estimate of drug-likeness (QED) is 0.218. The van der Waals surface area contributed by atoms with Gasteiger partial charge in [-0.3, -0.25) is 0 Å². The molecular weight excluding hydrogens is 488 g/mol. The lowest BCUT2D eigenvalue weighted by Crippen LogP contribution is -2.31. The molecule has 12 heteroatoms. The summed E-state index contributed by atoms with van der Waals surface area (Å²) in [5, 5.41) is 5.81. The third-order valence-corrected chi connectivity index (χ3v) is 4.43. The fourth-order valence-corrected chi connectivity index (χ4v) is 2.81. The predicted octanol–water partition coefficient (Wildman–Crippen LogP) is 2.50. The molecule has 0 aliphatic rings. The first-order valence-electron chi connectivity index (χ1n) is 11.1. The number of ether oxygens (including phenoxy) is 6. The minimum absolute atomic E-state index is 0.000310. The molecule has 2 rings (SSSR count). The Hall–Kier alpha value is -4.58. The summed E-state index contributed by atoms with van der Waals surface area (Å²) in [6.45, 7) is 6.80. The van der Waals surface area contributed by atoms with Crippen LogP contribution in [0.3, 0.4) is 0 Å². The zero-order valence-electron chi connectivity index (χ0n) is 20.3. The summed E-state index contributed by atoms with van der Waals surface area (Å²) >= 11 is 0. The second-order valence-electron chi connectivity index (χ2n) is 6.96. The van der Waals surface area contributed by atoms with E-state index in [9.17, 15) is 19.2 Å². The smallest absolute Gasteiger partial charge is 0.412 e. The number of amides is 2. The van der Waals surface area contributed by atoms with Crippen LogP contribution >= 0.6 is 0 Å². The Balaban J connectivity index is 2.21. The molecular formula is C25H28N2O10. The van der Waals surface area contributed by atoms with Gasteiger partial charge in [0.25, 0.3) is 0 Å². The predicted molar refractivity (Wildman–Crippen MR) is 132 cm³/mol. The summed E-state index contributed by atoms with van der Waals surface area (Å²) in [5.74, 6) is -0.903. The van der Waals surface area contributed by atoms with Crippen molar-refractivity contribution in [2.45, 2.75) is 0 Å². The van der Waals surface area contributed by atoms with E-state index < -0.39 is 24.1 Å². The van der Waals surface area contributed by atoms with Crippen molar-refractivity contribution in [3.8, 4) is 17.2 Å². The second kappa shape index (κ2) is 15.4. The van der Waals surface area contributed by atoms with Gasteiger partial charge >= 0.3 is 24.1 Å². The van der Waals surface area contributed by atoms with E-state index in [0.29, 0.717) is 10.8 Å². The monoisotopic (exact) mass is 516 g/mol. The van der Waals surface area contributed by atoms with Gasteiger partial charge in [0.05, 0.1) is 19.7 Å². The molecule has 0 bridgehead atoms. The Morgan fingerprint density at radius 3 is 1.92 bits per heavy atom. The van der Waals surface area contributed by atoms with E-state index in [1.54, 1.807) is 24.3 Å². The Bertz CT molecular complexity index is 1130. The van der Waals surface area contributed by atoms with E-state index in [0.717, 1.165) is 12.2 Å². The molecule has 0 spiro atoms. The Labute approximate surface area is 213 Å². The lowest BCUT2D eigenvalue weighted by atomic mass is 10.1. The lowest BCUT2D eigenvalue weighted by molar-refractivity contribution is -0.138. The molecule has 37 heavy (non-hydrogen) atoms. The molecule has 198 valence electrons. The van der Waals surface area contributed by atoms with E-state index in [1.165, 1.54) is 13.2 Å². The number of carbonyl (C=O) groups is 4. The van der Waals surface area contributed by atoms with Gasteiger partial charge in [0.1, 0.15) is 25.6 Å². The fraction of sp³-hybridized carbons (Fsp3) is 0.280. The molecule has 2 amide bonds. The number of hydrogen-bond acceptors (Lipinski definition) is 10. The SMILES string of the molecule is C=CC(=O)OCCNC(=O)Oc1cc(OCCOC)c(OC(=O)NCCOC(=O)C=C)c2ccccc12. The highest BCUT2D eigenvalue weighted by atomic mass is 16.6. The van der Waals surface area contributed by atoms with Gasteiger partial charge in [-0.25, -0.2) is 19.2 Å². The van der Waals surface area contributed by atoms with E-state index in [1.807, 2.05) is 0 Å². The van der Waals surface area contributed by atoms with Crippen molar-refractivity contribution < 1.29 is 47.6 Å². The minimum Gasteiger partial charge on any atom is -0.487 e. The molecule has 0 heterocycles. The highest BCUT2D eigenvalue weighted by Crippen LogP contribution is 2.41. The van der Waals surface area contributed by atoms with Crippen LogP contribution in [0.5, 0.6) is 17.2 Å². The summed E-state index contributed by atoms with van der Waals surface area (Å²) in [6, 6.07) is 8.15. The summed E-state index contributed by atoms with van der Waals surface area (Å²) in [4.78, 5) is 47.0. The number of nitrogens with one attached hydrogen (secondary N) is 2. The van der Waals surface area contributed by atoms with Crippen molar-refractivity contribution in [3.05, 3.63) is 55.6 Å². The van der Waals surface area contributed by atoms with Gasteiger partial charge in [-0.2, -0.15) is 0 Å². The second-order valence-corrected chi connectivity index (χ2v) is 6.96. The molecule has 0 unspecified atom stereocenters. The molecule has 2 N–H and O–H groups in total. The number of fused-ring (bicyclic) bond motifs is 1. The molecule has 0 aromatic heterocycles. The van der Waals surface area contributed by atoms with Crippen LogP contribution in [-0.4, -0.2) is 70.8 Å². The standard InChI is InChI=1S/C25H28N2O10/c1-4-21(28)34-12-10-26-24(30)36-19-16-20(33-15-14-32-3)23(18-9-7-6-8-17(18)19)37-25(31)27-11-13-35-22(29)5-2/h4-9,16H,1-2,10-15H2,3H3,(H,26,30)(H,27,31). The topological polar surface area (TPSA) is 148 Å². The van der Waals surface area contributed by atoms with Crippen LogP contribution in [0.2, 0.25) is 0 Å². The van der Waals surface area contributed by atoms with E-state index in [-0.39, 0.29) is 56.8 Å². The maximum atomic E-state index is 12.4.